The zero-order chi connectivity index (χ0) is 15.7. The summed E-state index contributed by atoms with van der Waals surface area (Å²) >= 11 is 0. The van der Waals surface area contributed by atoms with Crippen molar-refractivity contribution in [3.8, 4) is 0 Å². The van der Waals surface area contributed by atoms with Crippen LogP contribution in [0.25, 0.3) is 0 Å². The van der Waals surface area contributed by atoms with Gasteiger partial charge in [0, 0.05) is 13.2 Å². The molecule has 1 atom stereocenters. The molecule has 0 aromatic carbocycles. The van der Waals surface area contributed by atoms with Crippen molar-refractivity contribution >= 4 is 6.09 Å². The molecule has 0 saturated carbocycles. The largest absolute Gasteiger partial charge is 0.444 e. The van der Waals surface area contributed by atoms with Crippen LogP contribution in [0.2, 0.25) is 0 Å². The molecule has 1 heterocycles. The molecule has 122 valence electrons. The lowest BCUT2D eigenvalue weighted by molar-refractivity contribution is 0.0206. The van der Waals surface area contributed by atoms with Gasteiger partial charge in [0.15, 0.2) is 0 Å². The predicted octanol–water partition coefficient (Wildman–Crippen LogP) is 4.15. The van der Waals surface area contributed by atoms with E-state index in [9.17, 15) is 4.79 Å². The standard InChI is InChI=1S/C17H31NO3/c1-5-6-7-8-9-10-13-20-15-11-12-18(14-15)16(19)21-17(2,3)4/h5-6,15H,7-14H2,1-4H3/b6-5-. The first kappa shape index (κ1) is 18.0. The minimum absolute atomic E-state index is 0.174. The molecule has 0 aromatic heterocycles. The summed E-state index contributed by atoms with van der Waals surface area (Å²) in [6, 6.07) is 0. The van der Waals surface area contributed by atoms with E-state index >= 15 is 0 Å². The lowest BCUT2D eigenvalue weighted by Gasteiger charge is -2.24. The summed E-state index contributed by atoms with van der Waals surface area (Å²) in [5.41, 5.74) is -0.428. The Balaban J connectivity index is 2.10. The van der Waals surface area contributed by atoms with Crippen LogP contribution in [0.4, 0.5) is 4.79 Å². The molecule has 21 heavy (non-hydrogen) atoms. The van der Waals surface area contributed by atoms with Crippen LogP contribution in [0, 0.1) is 0 Å². The van der Waals surface area contributed by atoms with Crippen molar-refractivity contribution in [2.45, 2.75) is 71.5 Å². The fourth-order valence-electron chi connectivity index (χ4n) is 2.31. The van der Waals surface area contributed by atoms with Crippen LogP contribution in [-0.4, -0.2) is 42.4 Å². The molecule has 0 bridgehead atoms. The molecule has 4 heteroatoms. The van der Waals surface area contributed by atoms with Crippen LogP contribution in [0.1, 0.15) is 59.8 Å². The maximum atomic E-state index is 11.9. The maximum absolute atomic E-state index is 11.9. The third-order valence-corrected chi connectivity index (χ3v) is 3.40. The van der Waals surface area contributed by atoms with Gasteiger partial charge in [-0.15, -0.1) is 0 Å². The summed E-state index contributed by atoms with van der Waals surface area (Å²) in [5.74, 6) is 0. The average molecular weight is 297 g/mol. The quantitative estimate of drug-likeness (QED) is 0.523. The number of carbonyl (C=O) groups is 1. The number of nitrogens with zero attached hydrogens (tertiary/aromatic N) is 1. The highest BCUT2D eigenvalue weighted by molar-refractivity contribution is 5.68. The summed E-state index contributed by atoms with van der Waals surface area (Å²) in [5, 5.41) is 0. The number of ether oxygens (including phenoxy) is 2. The molecule has 4 nitrogen and oxygen atoms in total. The lowest BCUT2D eigenvalue weighted by atomic mass is 10.2. The molecule has 1 amide bonds. The first-order valence-corrected chi connectivity index (χ1v) is 8.13. The van der Waals surface area contributed by atoms with Gasteiger partial charge in [-0.05, 0) is 53.4 Å². The second-order valence-corrected chi connectivity index (χ2v) is 6.63. The van der Waals surface area contributed by atoms with Gasteiger partial charge in [0.2, 0.25) is 0 Å². The van der Waals surface area contributed by atoms with Gasteiger partial charge in [-0.25, -0.2) is 4.79 Å². The molecule has 0 aliphatic carbocycles. The Morgan fingerprint density at radius 2 is 2.05 bits per heavy atom. The SMILES string of the molecule is C/C=C\CCCCCOC1CCN(C(=O)OC(C)(C)C)C1. The Kier molecular flexibility index (Phi) is 7.79. The van der Waals surface area contributed by atoms with Gasteiger partial charge in [0.1, 0.15) is 5.60 Å². The minimum atomic E-state index is -0.428. The lowest BCUT2D eigenvalue weighted by Crippen LogP contribution is -2.36. The van der Waals surface area contributed by atoms with Crippen molar-refractivity contribution < 1.29 is 14.3 Å². The number of likely N-dealkylation sites (tertiary alicyclic amines) is 1. The molecule has 1 aliphatic rings. The topological polar surface area (TPSA) is 38.8 Å². The average Bonchev–Trinajstić information content (AvgIpc) is 2.84. The number of amides is 1. The molecular weight excluding hydrogens is 266 g/mol. The molecule has 0 aromatic rings. The maximum Gasteiger partial charge on any atom is 0.410 e. The van der Waals surface area contributed by atoms with Crippen LogP contribution >= 0.6 is 0 Å². The Bertz CT molecular complexity index is 333. The molecular formula is C17H31NO3. The first-order valence-electron chi connectivity index (χ1n) is 8.13. The predicted molar refractivity (Wildman–Crippen MR) is 85.4 cm³/mol. The van der Waals surface area contributed by atoms with Gasteiger partial charge in [0.05, 0.1) is 12.6 Å². The van der Waals surface area contributed by atoms with Gasteiger partial charge < -0.3 is 14.4 Å². The van der Waals surface area contributed by atoms with Gasteiger partial charge in [-0.2, -0.15) is 0 Å². The van der Waals surface area contributed by atoms with Crippen LogP contribution in [0.3, 0.4) is 0 Å². The number of allylic oxidation sites excluding steroid dienone is 2. The minimum Gasteiger partial charge on any atom is -0.444 e. The Labute approximate surface area is 129 Å². The highest BCUT2D eigenvalue weighted by Crippen LogP contribution is 2.17. The normalized spacial score (nSPS) is 19.4. The number of hydrogen-bond donors (Lipinski definition) is 0. The van der Waals surface area contributed by atoms with Crippen LogP contribution < -0.4 is 0 Å². The van der Waals surface area contributed by atoms with Crippen LogP contribution in [0.5, 0.6) is 0 Å². The number of rotatable bonds is 7. The van der Waals surface area contributed by atoms with E-state index in [2.05, 4.69) is 19.1 Å². The molecule has 1 aliphatic heterocycles. The summed E-state index contributed by atoms with van der Waals surface area (Å²) < 4.78 is 11.2. The molecule has 0 radical (unpaired) electrons. The van der Waals surface area contributed by atoms with Crippen molar-refractivity contribution in [1.82, 2.24) is 4.90 Å². The molecule has 1 rings (SSSR count). The zero-order valence-electron chi connectivity index (χ0n) is 14.1. The van der Waals surface area contributed by atoms with E-state index in [0.29, 0.717) is 6.54 Å². The van der Waals surface area contributed by atoms with E-state index in [1.165, 1.54) is 12.8 Å². The second-order valence-electron chi connectivity index (χ2n) is 6.63. The molecule has 1 saturated heterocycles. The van der Waals surface area contributed by atoms with Crippen molar-refractivity contribution in [2.24, 2.45) is 0 Å². The molecule has 0 spiro atoms. The summed E-state index contributed by atoms with van der Waals surface area (Å²) in [6.07, 6.45) is 9.85. The third-order valence-electron chi connectivity index (χ3n) is 3.40. The fourth-order valence-corrected chi connectivity index (χ4v) is 2.31. The summed E-state index contributed by atoms with van der Waals surface area (Å²) in [6.45, 7) is 9.92. The zero-order valence-corrected chi connectivity index (χ0v) is 14.1. The van der Waals surface area contributed by atoms with Crippen molar-refractivity contribution in [3.05, 3.63) is 12.2 Å². The van der Waals surface area contributed by atoms with E-state index < -0.39 is 5.60 Å². The first-order chi connectivity index (χ1) is 9.92. The number of unbranched alkanes of at least 4 members (excludes halogenated alkanes) is 3. The smallest absolute Gasteiger partial charge is 0.410 e. The van der Waals surface area contributed by atoms with Gasteiger partial charge in [-0.3, -0.25) is 0 Å². The van der Waals surface area contributed by atoms with E-state index in [1.54, 1.807) is 4.90 Å². The summed E-state index contributed by atoms with van der Waals surface area (Å²) in [7, 11) is 0. The van der Waals surface area contributed by atoms with E-state index in [-0.39, 0.29) is 12.2 Å². The van der Waals surface area contributed by atoms with E-state index in [4.69, 9.17) is 9.47 Å². The molecule has 1 fully saturated rings. The van der Waals surface area contributed by atoms with Crippen molar-refractivity contribution in [2.75, 3.05) is 19.7 Å². The number of hydrogen-bond acceptors (Lipinski definition) is 3. The van der Waals surface area contributed by atoms with Gasteiger partial charge in [-0.1, -0.05) is 18.6 Å². The highest BCUT2D eigenvalue weighted by Gasteiger charge is 2.29. The van der Waals surface area contributed by atoms with Gasteiger partial charge in [0.25, 0.3) is 0 Å². The van der Waals surface area contributed by atoms with Crippen molar-refractivity contribution in [3.63, 3.8) is 0 Å². The highest BCUT2D eigenvalue weighted by atomic mass is 16.6. The molecule has 1 unspecified atom stereocenters. The van der Waals surface area contributed by atoms with Crippen molar-refractivity contribution in [1.29, 1.82) is 0 Å². The second kappa shape index (κ2) is 9.08. The fraction of sp³-hybridized carbons (Fsp3) is 0.824. The Hall–Kier alpha value is -1.03. The third kappa shape index (κ3) is 8.10. The number of carbonyl (C=O) groups excluding carboxylic acids is 1. The Morgan fingerprint density at radius 1 is 1.29 bits per heavy atom. The van der Waals surface area contributed by atoms with Crippen LogP contribution in [0.15, 0.2) is 12.2 Å². The van der Waals surface area contributed by atoms with Gasteiger partial charge >= 0.3 is 6.09 Å². The van der Waals surface area contributed by atoms with E-state index in [1.807, 2.05) is 20.8 Å². The van der Waals surface area contributed by atoms with E-state index in [0.717, 1.165) is 32.4 Å². The summed E-state index contributed by atoms with van der Waals surface area (Å²) in [4.78, 5) is 13.7. The monoisotopic (exact) mass is 297 g/mol. The Morgan fingerprint density at radius 3 is 2.71 bits per heavy atom. The molecule has 0 N–H and O–H groups in total. The van der Waals surface area contributed by atoms with Crippen LogP contribution in [-0.2, 0) is 9.47 Å².